The van der Waals surface area contributed by atoms with Crippen molar-refractivity contribution in [2.24, 2.45) is 13.0 Å². The molecule has 1 unspecified atom stereocenters. The van der Waals surface area contributed by atoms with Gasteiger partial charge in [0.2, 0.25) is 0 Å². The van der Waals surface area contributed by atoms with Gasteiger partial charge in [0.25, 0.3) is 0 Å². The van der Waals surface area contributed by atoms with Crippen molar-refractivity contribution in [3.63, 3.8) is 0 Å². The average Bonchev–Trinajstić information content (AvgIpc) is 3.05. The smallest absolute Gasteiger partial charge is 0.137 e. The highest BCUT2D eigenvalue weighted by atomic mass is 16.3. The van der Waals surface area contributed by atoms with Gasteiger partial charge in [0.1, 0.15) is 11.5 Å². The van der Waals surface area contributed by atoms with Crippen LogP contribution in [0.5, 0.6) is 0 Å². The van der Waals surface area contributed by atoms with E-state index in [1.54, 1.807) is 10.9 Å². The number of nitrogens with zero attached hydrogens (tertiary/aromatic N) is 2. The molecule has 0 saturated heterocycles. The number of rotatable bonds is 3. The zero-order chi connectivity index (χ0) is 14.1. The van der Waals surface area contributed by atoms with Gasteiger partial charge in [-0.05, 0) is 31.7 Å². The van der Waals surface area contributed by atoms with Crippen LogP contribution >= 0.6 is 0 Å². The Morgan fingerprint density at radius 3 is 2.75 bits per heavy atom. The molecule has 20 heavy (non-hydrogen) atoms. The molecular formula is C16H22N2O2. The number of aliphatic hydroxyl groups is 1. The summed E-state index contributed by atoms with van der Waals surface area (Å²) in [5.41, 5.74) is 1.90. The summed E-state index contributed by atoms with van der Waals surface area (Å²) in [7, 11) is 1.89. The van der Waals surface area contributed by atoms with Gasteiger partial charge in [-0.3, -0.25) is 4.68 Å². The second-order valence-corrected chi connectivity index (χ2v) is 5.87. The van der Waals surface area contributed by atoms with Gasteiger partial charge in [-0.15, -0.1) is 0 Å². The summed E-state index contributed by atoms with van der Waals surface area (Å²) in [5.74, 6) is 1.99. The lowest BCUT2D eigenvalue weighted by molar-refractivity contribution is 0.0835. The standard InChI is InChI=1S/C16H22N2O2/c1-11-14(16(19)12-6-4-3-5-7-12)8-15(20-11)13-9-17-18(2)10-13/h8-10,12,16,19H,3-7H2,1-2H3. The van der Waals surface area contributed by atoms with Gasteiger partial charge in [0.05, 0.1) is 17.9 Å². The normalized spacial score (nSPS) is 18.4. The maximum Gasteiger partial charge on any atom is 0.137 e. The Labute approximate surface area is 119 Å². The molecule has 0 bridgehead atoms. The van der Waals surface area contributed by atoms with E-state index < -0.39 is 6.10 Å². The summed E-state index contributed by atoms with van der Waals surface area (Å²) < 4.78 is 7.57. The topological polar surface area (TPSA) is 51.2 Å². The SMILES string of the molecule is Cc1oc(-c2cnn(C)c2)cc1C(O)C1CCCCC1. The maximum absolute atomic E-state index is 10.6. The Balaban J connectivity index is 1.84. The Morgan fingerprint density at radius 1 is 1.35 bits per heavy atom. The van der Waals surface area contributed by atoms with E-state index in [2.05, 4.69) is 5.10 Å². The van der Waals surface area contributed by atoms with E-state index in [0.29, 0.717) is 5.92 Å². The van der Waals surface area contributed by atoms with Crippen molar-refractivity contribution in [3.05, 3.63) is 29.8 Å². The third kappa shape index (κ3) is 2.52. The second kappa shape index (κ2) is 5.44. The number of aliphatic hydroxyl groups excluding tert-OH is 1. The van der Waals surface area contributed by atoms with Crippen LogP contribution in [0.4, 0.5) is 0 Å². The van der Waals surface area contributed by atoms with E-state index in [4.69, 9.17) is 4.42 Å². The molecule has 0 radical (unpaired) electrons. The van der Waals surface area contributed by atoms with Crippen molar-refractivity contribution in [2.75, 3.05) is 0 Å². The van der Waals surface area contributed by atoms with Crippen molar-refractivity contribution in [2.45, 2.75) is 45.1 Å². The summed E-state index contributed by atoms with van der Waals surface area (Å²) in [6.07, 6.45) is 9.31. The Bertz CT molecular complexity index is 579. The molecule has 4 nitrogen and oxygen atoms in total. The molecule has 0 aliphatic heterocycles. The molecule has 4 heteroatoms. The van der Waals surface area contributed by atoms with Gasteiger partial charge in [0, 0.05) is 18.8 Å². The van der Waals surface area contributed by atoms with Gasteiger partial charge >= 0.3 is 0 Å². The fraction of sp³-hybridized carbons (Fsp3) is 0.562. The first kappa shape index (κ1) is 13.4. The molecule has 0 amide bonds. The van der Waals surface area contributed by atoms with Crippen LogP contribution in [0.15, 0.2) is 22.9 Å². The fourth-order valence-electron chi connectivity index (χ4n) is 3.18. The average molecular weight is 274 g/mol. The van der Waals surface area contributed by atoms with Crippen molar-refractivity contribution < 1.29 is 9.52 Å². The highest BCUT2D eigenvalue weighted by Gasteiger charge is 2.26. The Kier molecular flexibility index (Phi) is 3.66. The minimum absolute atomic E-state index is 0.377. The Morgan fingerprint density at radius 2 is 2.10 bits per heavy atom. The molecule has 1 saturated carbocycles. The molecule has 108 valence electrons. The molecule has 1 aliphatic carbocycles. The summed E-state index contributed by atoms with van der Waals surface area (Å²) in [6.45, 7) is 1.93. The minimum atomic E-state index is -0.399. The number of aryl methyl sites for hydroxylation is 2. The highest BCUT2D eigenvalue weighted by Crippen LogP contribution is 2.38. The molecule has 2 heterocycles. The van der Waals surface area contributed by atoms with Crippen LogP contribution in [-0.4, -0.2) is 14.9 Å². The van der Waals surface area contributed by atoms with Crippen LogP contribution < -0.4 is 0 Å². The van der Waals surface area contributed by atoms with Gasteiger partial charge in [-0.1, -0.05) is 19.3 Å². The van der Waals surface area contributed by atoms with Gasteiger partial charge in [0.15, 0.2) is 0 Å². The van der Waals surface area contributed by atoms with Crippen LogP contribution in [-0.2, 0) is 7.05 Å². The molecule has 1 aliphatic rings. The van der Waals surface area contributed by atoms with Crippen LogP contribution in [0.25, 0.3) is 11.3 Å². The van der Waals surface area contributed by atoms with E-state index >= 15 is 0 Å². The molecule has 2 aromatic rings. The van der Waals surface area contributed by atoms with Crippen molar-refractivity contribution in [1.82, 2.24) is 9.78 Å². The van der Waals surface area contributed by atoms with E-state index in [1.165, 1.54) is 19.3 Å². The van der Waals surface area contributed by atoms with Gasteiger partial charge in [-0.25, -0.2) is 0 Å². The zero-order valence-corrected chi connectivity index (χ0v) is 12.2. The molecule has 0 spiro atoms. The number of hydrogen-bond acceptors (Lipinski definition) is 3. The lowest BCUT2D eigenvalue weighted by atomic mass is 9.83. The largest absolute Gasteiger partial charge is 0.461 e. The van der Waals surface area contributed by atoms with Gasteiger partial charge < -0.3 is 9.52 Å². The highest BCUT2D eigenvalue weighted by molar-refractivity contribution is 5.57. The quantitative estimate of drug-likeness (QED) is 0.930. The minimum Gasteiger partial charge on any atom is -0.461 e. The first-order chi connectivity index (χ1) is 9.65. The van der Waals surface area contributed by atoms with Crippen LogP contribution in [0.2, 0.25) is 0 Å². The van der Waals surface area contributed by atoms with Gasteiger partial charge in [-0.2, -0.15) is 5.10 Å². The predicted octanol–water partition coefficient (Wildman–Crippen LogP) is 3.60. The predicted molar refractivity (Wildman–Crippen MR) is 77.2 cm³/mol. The second-order valence-electron chi connectivity index (χ2n) is 5.87. The fourth-order valence-corrected chi connectivity index (χ4v) is 3.18. The lowest BCUT2D eigenvalue weighted by Gasteiger charge is -2.26. The molecular weight excluding hydrogens is 252 g/mol. The third-order valence-corrected chi connectivity index (χ3v) is 4.36. The molecule has 3 rings (SSSR count). The summed E-state index contributed by atoms with van der Waals surface area (Å²) >= 11 is 0. The maximum atomic E-state index is 10.6. The van der Waals surface area contributed by atoms with Crippen molar-refractivity contribution >= 4 is 0 Å². The van der Waals surface area contributed by atoms with Crippen molar-refractivity contribution in [1.29, 1.82) is 0 Å². The van der Waals surface area contributed by atoms with Crippen molar-refractivity contribution in [3.8, 4) is 11.3 Å². The lowest BCUT2D eigenvalue weighted by Crippen LogP contribution is -2.16. The van der Waals surface area contributed by atoms with Crippen LogP contribution in [0.3, 0.4) is 0 Å². The number of hydrogen-bond donors (Lipinski definition) is 1. The zero-order valence-electron chi connectivity index (χ0n) is 12.2. The van der Waals surface area contributed by atoms with E-state index in [1.807, 2.05) is 26.2 Å². The summed E-state index contributed by atoms with van der Waals surface area (Å²) in [5, 5.41) is 14.8. The van der Waals surface area contributed by atoms with E-state index in [0.717, 1.165) is 35.5 Å². The van der Waals surface area contributed by atoms with E-state index in [-0.39, 0.29) is 0 Å². The number of furan rings is 1. The third-order valence-electron chi connectivity index (χ3n) is 4.36. The Hall–Kier alpha value is -1.55. The molecule has 0 aromatic carbocycles. The summed E-state index contributed by atoms with van der Waals surface area (Å²) in [4.78, 5) is 0. The molecule has 1 fully saturated rings. The molecule has 1 atom stereocenters. The number of aromatic nitrogens is 2. The first-order valence-electron chi connectivity index (χ1n) is 7.42. The van der Waals surface area contributed by atoms with E-state index in [9.17, 15) is 5.11 Å². The van der Waals surface area contributed by atoms with Crippen LogP contribution in [0, 0.1) is 12.8 Å². The molecule has 1 N–H and O–H groups in total. The monoisotopic (exact) mass is 274 g/mol. The molecule has 2 aromatic heterocycles. The summed E-state index contributed by atoms with van der Waals surface area (Å²) in [6, 6.07) is 1.98. The first-order valence-corrected chi connectivity index (χ1v) is 7.42. The van der Waals surface area contributed by atoms with Crippen LogP contribution in [0.1, 0.15) is 49.5 Å².